The zero-order valence-corrected chi connectivity index (χ0v) is 48.5. The Morgan fingerprint density at radius 1 is 0.429 bits per heavy atom. The summed E-state index contributed by atoms with van der Waals surface area (Å²) in [6, 6.07) is 81.4. The lowest BCUT2D eigenvalue weighted by Crippen LogP contribution is -2.37. The fraction of sp³-hybridized carbons (Fsp3) is 0.115. The lowest BCUT2D eigenvalue weighted by Gasteiger charge is -2.27. The Kier molecular flexibility index (Phi) is 10.7. The number of fused-ring (bicyclic) bond motifs is 17. The minimum absolute atomic E-state index is 0.00912. The van der Waals surface area contributed by atoms with E-state index in [4.69, 9.17) is 8.83 Å². The van der Waals surface area contributed by atoms with Crippen LogP contribution in [0.15, 0.2) is 233 Å². The van der Waals surface area contributed by atoms with Gasteiger partial charge in [-0.05, 0) is 154 Å². The highest BCUT2D eigenvalue weighted by molar-refractivity contribution is 7.26. The summed E-state index contributed by atoms with van der Waals surface area (Å²) in [5.74, 6) is 0.689. The first-order valence-corrected chi connectivity index (χ1v) is 30.3. The van der Waals surface area contributed by atoms with Crippen molar-refractivity contribution < 1.29 is 13.4 Å². The SMILES string of the molecule is Cc1cccc(N(c2ccc3c(c2)oc2c(C(C)C)cccc23)c2ccc3c(c2)sc2cc4c5c(ccc4cc23)C2c3c-5ccc(N(c4cccc(C)c4)c4ccc5c(c4)oc4c(C(C)C)cccc45)c3-c3cc(-c4ccccc4)cc[n+]32)c1. The van der Waals surface area contributed by atoms with Gasteiger partial charge in [-0.15, -0.1) is 11.3 Å². The van der Waals surface area contributed by atoms with Crippen LogP contribution in [0.4, 0.5) is 34.1 Å². The van der Waals surface area contributed by atoms with Crippen LogP contribution in [-0.2, 0) is 0 Å². The molecule has 0 saturated carbocycles. The normalized spacial score (nSPS) is 13.5. The van der Waals surface area contributed by atoms with Crippen molar-refractivity contribution in [2.45, 2.75) is 59.4 Å². The lowest BCUT2D eigenvalue weighted by molar-refractivity contribution is -0.688. The molecule has 1 atom stereocenters. The Morgan fingerprint density at radius 3 is 1.68 bits per heavy atom. The fourth-order valence-electron chi connectivity index (χ4n) is 14.2. The van der Waals surface area contributed by atoms with Gasteiger partial charge in [0.25, 0.3) is 0 Å². The summed E-state index contributed by atoms with van der Waals surface area (Å²) in [5.41, 5.74) is 25.3. The molecule has 15 aromatic rings. The molecule has 84 heavy (non-hydrogen) atoms. The standard InChI is InChI=1S/C78H58N3O2S/c1-44(2)56-20-12-22-61-58-29-25-53(40-69(58)82-77(56)61)80(51-18-10-14-46(5)36-51)55-27-31-60-66-38-50-24-28-64-73(65(50)43-72(66)84-71(60)42-55)63-32-33-67(75-68-39-49(48-16-8-7-9-17-48)34-35-79(68)76(64)74(63)75)81(52-19-11-15-47(6)37-52)54-26-30-59-62-23-13-21-57(45(3)4)78(62)83-70(59)41-54/h7-45,76H,1-6H3/q+1. The second kappa shape index (κ2) is 18.4. The number of anilines is 6. The monoisotopic (exact) mass is 1100 g/mol. The van der Waals surface area contributed by atoms with Gasteiger partial charge in [0, 0.05) is 111 Å². The van der Waals surface area contributed by atoms with E-state index >= 15 is 0 Å². The number of para-hydroxylation sites is 2. The molecule has 402 valence electrons. The van der Waals surface area contributed by atoms with Crippen LogP contribution in [0.5, 0.6) is 0 Å². The Labute approximate surface area is 491 Å². The molecule has 1 unspecified atom stereocenters. The van der Waals surface area contributed by atoms with E-state index in [-0.39, 0.29) is 6.04 Å². The number of pyridine rings is 1. The van der Waals surface area contributed by atoms with Crippen molar-refractivity contribution in [1.82, 2.24) is 0 Å². The molecule has 17 rings (SSSR count). The van der Waals surface area contributed by atoms with Crippen LogP contribution < -0.4 is 14.4 Å². The minimum atomic E-state index is -0.00912. The van der Waals surface area contributed by atoms with E-state index < -0.39 is 0 Å². The average Bonchev–Trinajstić information content (AvgIpc) is 1.58. The number of benzene rings is 11. The van der Waals surface area contributed by atoms with E-state index in [1.165, 1.54) is 97.8 Å². The van der Waals surface area contributed by atoms with Crippen molar-refractivity contribution in [2.24, 2.45) is 0 Å². The molecule has 5 heterocycles. The molecule has 0 fully saturated rings. The Balaban J connectivity index is 0.838. The topological polar surface area (TPSA) is 36.6 Å². The van der Waals surface area contributed by atoms with Gasteiger partial charge in [-0.2, -0.15) is 4.57 Å². The van der Waals surface area contributed by atoms with Gasteiger partial charge in [0.15, 0.2) is 6.20 Å². The predicted octanol–water partition coefficient (Wildman–Crippen LogP) is 22.4. The molecule has 5 nitrogen and oxygen atoms in total. The molecule has 0 bridgehead atoms. The van der Waals surface area contributed by atoms with Crippen LogP contribution in [0.1, 0.15) is 79.0 Å². The van der Waals surface area contributed by atoms with E-state index in [9.17, 15) is 0 Å². The molecule has 1 aliphatic carbocycles. The largest absolute Gasteiger partial charge is 0.456 e. The number of hydrogen-bond donors (Lipinski definition) is 0. The van der Waals surface area contributed by atoms with Crippen molar-refractivity contribution in [3.05, 3.63) is 258 Å². The Bertz CT molecular complexity index is 5270. The zero-order chi connectivity index (χ0) is 56.2. The number of hydrogen-bond acceptors (Lipinski definition) is 5. The van der Waals surface area contributed by atoms with Crippen molar-refractivity contribution >= 4 is 120 Å². The molecule has 6 heteroatoms. The quantitative estimate of drug-likeness (QED) is 0.135. The molecule has 0 N–H and O–H groups in total. The lowest BCUT2D eigenvalue weighted by atomic mass is 9.93. The van der Waals surface area contributed by atoms with Gasteiger partial charge in [0.1, 0.15) is 22.3 Å². The number of nitrogens with zero attached hydrogens (tertiary/aromatic N) is 3. The third kappa shape index (κ3) is 7.29. The fourth-order valence-corrected chi connectivity index (χ4v) is 15.4. The summed E-state index contributed by atoms with van der Waals surface area (Å²) in [4.78, 5) is 4.85. The highest BCUT2D eigenvalue weighted by Gasteiger charge is 2.48. The maximum atomic E-state index is 6.88. The van der Waals surface area contributed by atoms with E-state index in [1.54, 1.807) is 0 Å². The first-order valence-electron chi connectivity index (χ1n) is 29.5. The van der Waals surface area contributed by atoms with E-state index in [1.807, 2.05) is 11.3 Å². The molecule has 4 aromatic heterocycles. The summed E-state index contributed by atoms with van der Waals surface area (Å²) in [6.07, 6.45) is 2.34. The first-order chi connectivity index (χ1) is 41.1. The highest BCUT2D eigenvalue weighted by atomic mass is 32.1. The third-order valence-electron chi connectivity index (χ3n) is 18.1. The smallest absolute Gasteiger partial charge is 0.216 e. The predicted molar refractivity (Wildman–Crippen MR) is 352 cm³/mol. The van der Waals surface area contributed by atoms with E-state index in [2.05, 4.69) is 280 Å². The molecule has 0 saturated heterocycles. The van der Waals surface area contributed by atoms with Crippen molar-refractivity contribution in [1.29, 1.82) is 0 Å². The van der Waals surface area contributed by atoms with Gasteiger partial charge in [-0.3, -0.25) is 0 Å². The van der Waals surface area contributed by atoms with Crippen LogP contribution in [-0.4, -0.2) is 0 Å². The second-order valence-corrected chi connectivity index (χ2v) is 25.0. The average molecular weight is 1100 g/mol. The van der Waals surface area contributed by atoms with E-state index in [0.29, 0.717) is 11.8 Å². The molecule has 2 aliphatic rings. The van der Waals surface area contributed by atoms with Crippen molar-refractivity contribution in [3.8, 4) is 33.5 Å². The number of thiophene rings is 1. The molecular formula is C78H58N3O2S+. The van der Waals surface area contributed by atoms with Gasteiger partial charge in [0.2, 0.25) is 11.7 Å². The molecular weight excluding hydrogens is 1040 g/mol. The van der Waals surface area contributed by atoms with Gasteiger partial charge >= 0.3 is 0 Å². The van der Waals surface area contributed by atoms with Crippen LogP contribution in [0.25, 0.3) is 108 Å². The number of rotatable bonds is 9. The molecule has 11 aromatic carbocycles. The first kappa shape index (κ1) is 48.9. The van der Waals surface area contributed by atoms with Gasteiger partial charge in [0.05, 0.1) is 11.3 Å². The van der Waals surface area contributed by atoms with E-state index in [0.717, 1.165) is 78.0 Å². The number of aromatic nitrogens is 1. The Morgan fingerprint density at radius 2 is 1.02 bits per heavy atom. The molecule has 1 aliphatic heterocycles. The maximum Gasteiger partial charge on any atom is 0.216 e. The van der Waals surface area contributed by atoms with Crippen molar-refractivity contribution in [3.63, 3.8) is 0 Å². The second-order valence-electron chi connectivity index (χ2n) is 24.0. The minimum Gasteiger partial charge on any atom is -0.456 e. The summed E-state index contributed by atoms with van der Waals surface area (Å²) < 4.78 is 18.7. The van der Waals surface area contributed by atoms with Crippen LogP contribution in [0, 0.1) is 13.8 Å². The van der Waals surface area contributed by atoms with Crippen LogP contribution in [0.3, 0.4) is 0 Å². The van der Waals surface area contributed by atoms with Crippen molar-refractivity contribution in [2.75, 3.05) is 9.80 Å². The summed E-state index contributed by atoms with van der Waals surface area (Å²) in [5, 5.41) is 9.66. The van der Waals surface area contributed by atoms with Gasteiger partial charge in [-0.25, -0.2) is 0 Å². The van der Waals surface area contributed by atoms with Gasteiger partial charge in [-0.1, -0.05) is 143 Å². The zero-order valence-electron chi connectivity index (χ0n) is 47.7. The summed E-state index contributed by atoms with van der Waals surface area (Å²) >= 11 is 1.89. The molecule has 0 amide bonds. The van der Waals surface area contributed by atoms with Gasteiger partial charge < -0.3 is 18.6 Å². The molecule has 0 radical (unpaired) electrons. The highest BCUT2D eigenvalue weighted by Crippen LogP contribution is 2.58. The number of furan rings is 2. The number of aryl methyl sites for hydroxylation is 2. The molecule has 0 spiro atoms. The third-order valence-corrected chi connectivity index (χ3v) is 19.2. The van der Waals surface area contributed by atoms with Crippen LogP contribution >= 0.6 is 11.3 Å². The summed E-state index contributed by atoms with van der Waals surface area (Å²) in [7, 11) is 0. The Hall–Kier alpha value is -9.75. The maximum absolute atomic E-state index is 6.88. The van der Waals surface area contributed by atoms with Crippen LogP contribution in [0.2, 0.25) is 0 Å². The summed E-state index contributed by atoms with van der Waals surface area (Å²) in [6.45, 7) is 13.3.